The van der Waals surface area contributed by atoms with Crippen molar-refractivity contribution in [3.63, 3.8) is 0 Å². The van der Waals surface area contributed by atoms with Crippen LogP contribution in [0.25, 0.3) is 0 Å². The summed E-state index contributed by atoms with van der Waals surface area (Å²) >= 11 is 0. The Bertz CT molecular complexity index is 215. The summed E-state index contributed by atoms with van der Waals surface area (Å²) in [6.45, 7) is 0. The van der Waals surface area contributed by atoms with E-state index in [-0.39, 0.29) is 68.9 Å². The molecule has 5 N–H and O–H groups in total. The zero-order valence-corrected chi connectivity index (χ0v) is 13.5. The topological polar surface area (TPSA) is 168 Å². The molecule has 0 rings (SSSR count). The second-order valence-corrected chi connectivity index (χ2v) is 3.15. The Hall–Kier alpha value is 1.79. The summed E-state index contributed by atoms with van der Waals surface area (Å²) in [4.78, 5) is 0. The zero-order valence-electron chi connectivity index (χ0n) is 5.55. The molecular formula is H5CsN2O6S2. The van der Waals surface area contributed by atoms with Crippen LogP contribution < -0.4 is 79.2 Å². The van der Waals surface area contributed by atoms with E-state index >= 15 is 0 Å². The first-order valence-corrected chi connectivity index (χ1v) is 4.57. The molecule has 0 aliphatic rings. The van der Waals surface area contributed by atoms with E-state index < -0.39 is 20.6 Å². The third kappa shape index (κ3) is 352. The molecule has 0 heterocycles. The molecule has 0 bridgehead atoms. The third-order valence-corrected chi connectivity index (χ3v) is 0. The molecule has 0 atom stereocenters. The minimum Gasteiger partial charge on any atom is -0.736 e. The molecule has 0 unspecified atom stereocenters. The molecule has 0 aromatic rings. The van der Waals surface area contributed by atoms with Crippen molar-refractivity contribution in [2.45, 2.75) is 0 Å². The van der Waals surface area contributed by atoms with Crippen LogP contribution in [-0.2, 0) is 20.6 Å². The SMILES string of the molecule is NS(=O)(=O)[O-].[Cs+].[NH3+]S(=O)(=O)[O-]. The summed E-state index contributed by atoms with van der Waals surface area (Å²) in [6, 6.07) is 0. The predicted octanol–water partition coefficient (Wildman–Crippen LogP) is -6.90. The molecule has 0 aromatic heterocycles. The van der Waals surface area contributed by atoms with Gasteiger partial charge < -0.3 is 9.11 Å². The van der Waals surface area contributed by atoms with Crippen LogP contribution in [0, 0.1) is 0 Å². The number of nitrogens with two attached hydrogens (primary N) is 1. The van der Waals surface area contributed by atoms with Gasteiger partial charge in [0.2, 0.25) is 10.3 Å². The predicted molar refractivity (Wildman–Crippen MR) is 26.5 cm³/mol. The molecule has 0 saturated carbocycles. The molecule has 0 saturated heterocycles. The van der Waals surface area contributed by atoms with Crippen molar-refractivity contribution >= 4 is 20.6 Å². The van der Waals surface area contributed by atoms with Gasteiger partial charge in [0, 0.05) is 0 Å². The number of rotatable bonds is 0. The Balaban J connectivity index is -0.000000107. The van der Waals surface area contributed by atoms with Gasteiger partial charge >= 0.3 is 68.9 Å². The number of quaternary nitrogens is 1. The first-order valence-electron chi connectivity index (χ1n) is 1.52. The Kier molecular flexibility index (Phi) is 12.2. The van der Waals surface area contributed by atoms with Gasteiger partial charge in [-0.3, -0.25) is 5.14 Å². The maximum absolute atomic E-state index is 8.97. The van der Waals surface area contributed by atoms with Gasteiger partial charge in [0.1, 0.15) is 0 Å². The van der Waals surface area contributed by atoms with Crippen LogP contribution in [0.3, 0.4) is 0 Å². The van der Waals surface area contributed by atoms with Gasteiger partial charge in [-0.05, 0) is 0 Å². The molecule has 64 valence electrons. The number of hydrogen-bond acceptors (Lipinski definition) is 6. The average molecular weight is 326 g/mol. The van der Waals surface area contributed by atoms with E-state index in [1.54, 1.807) is 0 Å². The molecule has 0 spiro atoms. The minimum absolute atomic E-state index is 0. The average Bonchev–Trinajstić information content (AvgIpc) is 1.12. The van der Waals surface area contributed by atoms with Crippen LogP contribution in [-0.4, -0.2) is 25.9 Å². The number of hydrogen-bond donors (Lipinski definition) is 2. The minimum atomic E-state index is -4.42. The van der Waals surface area contributed by atoms with Crippen molar-refractivity contribution < 1.29 is 100.0 Å². The first kappa shape index (κ1) is 18.6. The van der Waals surface area contributed by atoms with E-state index in [2.05, 4.69) is 10.3 Å². The largest absolute Gasteiger partial charge is 1.00 e. The molecule has 0 aliphatic carbocycles. The maximum atomic E-state index is 8.97. The fourth-order valence-corrected chi connectivity index (χ4v) is 0. The van der Waals surface area contributed by atoms with E-state index in [0.29, 0.717) is 0 Å². The molecule has 0 fully saturated rings. The summed E-state index contributed by atoms with van der Waals surface area (Å²) in [7, 11) is -8.58. The van der Waals surface area contributed by atoms with E-state index in [0.717, 1.165) is 0 Å². The van der Waals surface area contributed by atoms with Crippen LogP contribution in [0.2, 0.25) is 0 Å². The molecule has 0 amide bonds. The molecular weight excluding hydrogens is 321 g/mol. The normalized spacial score (nSPS) is 10.5. The standard InChI is InChI=1S/Cs.2H3NO3S/c;2*1-5(2,3)4/h;2*(H3,1,2,3,4)/q+1;;/p-1. The fraction of sp³-hybridized carbons (Fsp3) is 0. The Labute approximate surface area is 123 Å². The van der Waals surface area contributed by atoms with Gasteiger partial charge in [-0.15, -0.1) is 0 Å². The third-order valence-electron chi connectivity index (χ3n) is 0. The first-order chi connectivity index (χ1) is 4.00. The van der Waals surface area contributed by atoms with Gasteiger partial charge in [-0.25, -0.2) is 13.6 Å². The summed E-state index contributed by atoms with van der Waals surface area (Å²) in [5.41, 5.74) is 0. The summed E-state index contributed by atoms with van der Waals surface area (Å²) in [6.07, 6.45) is 0. The van der Waals surface area contributed by atoms with Crippen LogP contribution in [0.1, 0.15) is 0 Å². The van der Waals surface area contributed by atoms with Crippen molar-refractivity contribution in [1.29, 1.82) is 0 Å². The van der Waals surface area contributed by atoms with Gasteiger partial charge in [0.25, 0.3) is 0 Å². The van der Waals surface area contributed by atoms with Gasteiger partial charge in [0.15, 0.2) is 10.3 Å². The van der Waals surface area contributed by atoms with Crippen molar-refractivity contribution in [2.75, 3.05) is 0 Å². The van der Waals surface area contributed by atoms with Crippen molar-refractivity contribution in [3.8, 4) is 0 Å². The van der Waals surface area contributed by atoms with Crippen LogP contribution in [0.4, 0.5) is 0 Å². The molecule has 0 radical (unpaired) electrons. The fourth-order valence-electron chi connectivity index (χ4n) is 0. The second kappa shape index (κ2) is 7.22. The quantitative estimate of drug-likeness (QED) is 0.419. The molecule has 0 aliphatic heterocycles. The monoisotopic (exact) mass is 326 g/mol. The van der Waals surface area contributed by atoms with E-state index in [1.165, 1.54) is 0 Å². The summed E-state index contributed by atoms with van der Waals surface area (Å²) in [5, 5.41) is 5.96. The second-order valence-electron chi connectivity index (χ2n) is 1.05. The van der Waals surface area contributed by atoms with Gasteiger partial charge in [-0.1, -0.05) is 0 Å². The molecule has 8 nitrogen and oxygen atoms in total. The molecule has 0 aromatic carbocycles. The van der Waals surface area contributed by atoms with Crippen molar-refractivity contribution in [2.24, 2.45) is 5.14 Å². The van der Waals surface area contributed by atoms with E-state index in [4.69, 9.17) is 25.9 Å². The van der Waals surface area contributed by atoms with E-state index in [9.17, 15) is 0 Å². The van der Waals surface area contributed by atoms with Gasteiger partial charge in [-0.2, -0.15) is 8.42 Å². The molecule has 11 heteroatoms. The van der Waals surface area contributed by atoms with Crippen LogP contribution in [0.5, 0.6) is 0 Å². The summed E-state index contributed by atoms with van der Waals surface area (Å²) < 4.78 is 53.5. The zero-order chi connectivity index (χ0) is 9.00. The maximum Gasteiger partial charge on any atom is 1.00 e. The Morgan fingerprint density at radius 2 is 1.09 bits per heavy atom. The van der Waals surface area contributed by atoms with E-state index in [1.807, 2.05) is 0 Å². The van der Waals surface area contributed by atoms with Crippen LogP contribution >= 0.6 is 0 Å². The summed E-state index contributed by atoms with van der Waals surface area (Å²) in [5.74, 6) is 0. The molecule has 11 heavy (non-hydrogen) atoms. The Morgan fingerprint density at radius 1 is 1.09 bits per heavy atom. The van der Waals surface area contributed by atoms with Gasteiger partial charge in [0.05, 0.1) is 0 Å². The van der Waals surface area contributed by atoms with Crippen LogP contribution in [0.15, 0.2) is 0 Å². The van der Waals surface area contributed by atoms with Crippen molar-refractivity contribution in [3.05, 3.63) is 0 Å². The smallest absolute Gasteiger partial charge is 0.736 e. The Morgan fingerprint density at radius 3 is 1.09 bits per heavy atom. The van der Waals surface area contributed by atoms with Crippen molar-refractivity contribution in [1.82, 2.24) is 0 Å².